The first-order chi connectivity index (χ1) is 14.7. The summed E-state index contributed by atoms with van der Waals surface area (Å²) in [5.41, 5.74) is 0.856. The minimum atomic E-state index is -3.80. The van der Waals surface area contributed by atoms with Gasteiger partial charge in [0.1, 0.15) is 13.2 Å². The molecule has 1 amide bonds. The van der Waals surface area contributed by atoms with Gasteiger partial charge in [-0.15, -0.1) is 0 Å². The quantitative estimate of drug-likeness (QED) is 0.602. The van der Waals surface area contributed by atoms with E-state index in [9.17, 15) is 13.2 Å². The highest BCUT2D eigenvalue weighted by Crippen LogP contribution is 2.32. The monoisotopic (exact) mass is 446 g/mol. The Bertz CT molecular complexity index is 1000. The fraction of sp³-hybridized carbons (Fsp3) is 0.435. The second-order valence-corrected chi connectivity index (χ2v) is 9.87. The summed E-state index contributed by atoms with van der Waals surface area (Å²) in [5, 5.41) is 2.99. The average Bonchev–Trinajstić information content (AvgIpc) is 2.73. The summed E-state index contributed by atoms with van der Waals surface area (Å²) >= 11 is 0. The van der Waals surface area contributed by atoms with E-state index < -0.39 is 10.0 Å². The molecule has 0 aromatic heterocycles. The van der Waals surface area contributed by atoms with Gasteiger partial charge in [-0.1, -0.05) is 26.7 Å². The topological polar surface area (TPSA) is 93.7 Å². The summed E-state index contributed by atoms with van der Waals surface area (Å²) in [5.74, 6) is 1.42. The number of ether oxygens (including phenoxy) is 2. The molecular formula is C23H30N2O5S. The van der Waals surface area contributed by atoms with E-state index in [-0.39, 0.29) is 16.8 Å². The first kappa shape index (κ1) is 22.9. The number of fused-ring (bicyclic) bond motifs is 1. The number of benzene rings is 2. The number of rotatable bonds is 9. The Kier molecular flexibility index (Phi) is 7.43. The van der Waals surface area contributed by atoms with Gasteiger partial charge in [-0.25, -0.2) is 8.42 Å². The van der Waals surface area contributed by atoms with Crippen LogP contribution in [0, 0.1) is 5.92 Å². The summed E-state index contributed by atoms with van der Waals surface area (Å²) < 4.78 is 38.8. The Balaban J connectivity index is 1.60. The van der Waals surface area contributed by atoms with E-state index in [0.717, 1.165) is 19.3 Å². The van der Waals surface area contributed by atoms with Crippen molar-refractivity contribution in [1.29, 1.82) is 0 Å². The lowest BCUT2D eigenvalue weighted by molar-refractivity contribution is 0.0938. The first-order valence-electron chi connectivity index (χ1n) is 10.6. The summed E-state index contributed by atoms with van der Waals surface area (Å²) in [6, 6.07) is 11.0. The zero-order valence-corrected chi connectivity index (χ0v) is 19.0. The van der Waals surface area contributed by atoms with Crippen molar-refractivity contribution in [3.63, 3.8) is 0 Å². The number of carbonyl (C=O) groups excluding carboxylic acids is 1. The van der Waals surface area contributed by atoms with E-state index in [1.165, 1.54) is 12.1 Å². The summed E-state index contributed by atoms with van der Waals surface area (Å²) in [6.45, 7) is 7.19. The van der Waals surface area contributed by atoms with Gasteiger partial charge in [-0.3, -0.25) is 9.52 Å². The summed E-state index contributed by atoms with van der Waals surface area (Å²) in [4.78, 5) is 12.5. The molecule has 1 unspecified atom stereocenters. The van der Waals surface area contributed by atoms with Gasteiger partial charge >= 0.3 is 0 Å². The SMILES string of the molecule is CC(C)CCCC(C)NC(=O)c1ccc(NS(=O)(=O)c2ccc3c(c2)OCCO3)cc1. The molecule has 1 aliphatic heterocycles. The van der Waals surface area contributed by atoms with Crippen molar-refractivity contribution in [3.05, 3.63) is 48.0 Å². The molecule has 1 atom stereocenters. The molecule has 0 bridgehead atoms. The molecule has 2 N–H and O–H groups in total. The molecule has 0 saturated carbocycles. The molecule has 7 nitrogen and oxygen atoms in total. The number of amides is 1. The van der Waals surface area contributed by atoms with Crippen molar-refractivity contribution >= 4 is 21.6 Å². The highest BCUT2D eigenvalue weighted by Gasteiger charge is 2.20. The van der Waals surface area contributed by atoms with Gasteiger partial charge in [0.25, 0.3) is 15.9 Å². The van der Waals surface area contributed by atoms with Crippen molar-refractivity contribution in [1.82, 2.24) is 5.32 Å². The van der Waals surface area contributed by atoms with Gasteiger partial charge in [0.15, 0.2) is 11.5 Å². The van der Waals surface area contributed by atoms with Gasteiger partial charge < -0.3 is 14.8 Å². The van der Waals surface area contributed by atoms with Crippen molar-refractivity contribution < 1.29 is 22.7 Å². The van der Waals surface area contributed by atoms with Crippen LogP contribution in [0.5, 0.6) is 11.5 Å². The molecule has 0 aliphatic carbocycles. The molecule has 3 rings (SSSR count). The van der Waals surface area contributed by atoms with Crippen molar-refractivity contribution in [2.24, 2.45) is 5.92 Å². The normalized spacial score (nSPS) is 14.2. The van der Waals surface area contributed by atoms with Gasteiger partial charge in [0, 0.05) is 23.4 Å². The Morgan fingerprint density at radius 1 is 0.968 bits per heavy atom. The number of nitrogens with one attached hydrogen (secondary N) is 2. The maximum absolute atomic E-state index is 12.7. The van der Waals surface area contributed by atoms with Gasteiger partial charge in [0.05, 0.1) is 4.90 Å². The molecule has 1 aliphatic rings. The van der Waals surface area contributed by atoms with Crippen LogP contribution in [0.1, 0.15) is 50.4 Å². The van der Waals surface area contributed by atoms with E-state index in [1.54, 1.807) is 30.3 Å². The first-order valence-corrected chi connectivity index (χ1v) is 12.1. The molecule has 0 radical (unpaired) electrons. The molecular weight excluding hydrogens is 416 g/mol. The minimum Gasteiger partial charge on any atom is -0.486 e. The third-order valence-electron chi connectivity index (χ3n) is 5.02. The number of carbonyl (C=O) groups is 1. The summed E-state index contributed by atoms with van der Waals surface area (Å²) in [7, 11) is -3.80. The van der Waals surface area contributed by atoms with Gasteiger partial charge in [0.2, 0.25) is 0 Å². The zero-order chi connectivity index (χ0) is 22.4. The molecule has 31 heavy (non-hydrogen) atoms. The van der Waals surface area contributed by atoms with E-state index in [2.05, 4.69) is 23.9 Å². The number of hydrogen-bond donors (Lipinski definition) is 2. The van der Waals surface area contributed by atoms with Crippen LogP contribution in [-0.4, -0.2) is 33.6 Å². The van der Waals surface area contributed by atoms with Crippen molar-refractivity contribution in [3.8, 4) is 11.5 Å². The lowest BCUT2D eigenvalue weighted by atomic mass is 10.0. The number of sulfonamides is 1. The highest BCUT2D eigenvalue weighted by molar-refractivity contribution is 7.92. The Morgan fingerprint density at radius 2 is 1.65 bits per heavy atom. The zero-order valence-electron chi connectivity index (χ0n) is 18.2. The molecule has 2 aromatic rings. The smallest absolute Gasteiger partial charge is 0.262 e. The molecule has 2 aromatic carbocycles. The Morgan fingerprint density at radius 3 is 2.32 bits per heavy atom. The van der Waals surface area contributed by atoms with Crippen LogP contribution in [0.3, 0.4) is 0 Å². The second kappa shape index (κ2) is 10.0. The van der Waals surface area contributed by atoms with Crippen LogP contribution in [0.4, 0.5) is 5.69 Å². The molecule has 168 valence electrons. The largest absolute Gasteiger partial charge is 0.486 e. The predicted octanol–water partition coefficient (Wildman–Crippen LogP) is 4.20. The standard InChI is InChI=1S/C23H30N2O5S/c1-16(2)5-4-6-17(3)24-23(26)18-7-9-19(10-8-18)25-31(27,28)20-11-12-21-22(15-20)30-14-13-29-21/h7-12,15-17,25H,4-6,13-14H2,1-3H3,(H,24,26). The second-order valence-electron chi connectivity index (χ2n) is 8.19. The van der Waals surface area contributed by atoms with E-state index in [1.807, 2.05) is 6.92 Å². The highest BCUT2D eigenvalue weighted by atomic mass is 32.2. The fourth-order valence-corrected chi connectivity index (χ4v) is 4.38. The van der Waals surface area contributed by atoms with Crippen LogP contribution in [0.2, 0.25) is 0 Å². The lowest BCUT2D eigenvalue weighted by Crippen LogP contribution is -2.32. The average molecular weight is 447 g/mol. The predicted molar refractivity (Wildman–Crippen MR) is 120 cm³/mol. The van der Waals surface area contributed by atoms with Crippen LogP contribution in [0.15, 0.2) is 47.4 Å². The molecule has 8 heteroatoms. The van der Waals surface area contributed by atoms with Gasteiger partial charge in [-0.05, 0) is 55.7 Å². The Hall–Kier alpha value is -2.74. The van der Waals surface area contributed by atoms with Crippen LogP contribution in [0.25, 0.3) is 0 Å². The van der Waals surface area contributed by atoms with Crippen LogP contribution < -0.4 is 19.5 Å². The minimum absolute atomic E-state index is 0.0776. The fourth-order valence-electron chi connectivity index (χ4n) is 3.31. The number of anilines is 1. The van der Waals surface area contributed by atoms with E-state index >= 15 is 0 Å². The molecule has 0 spiro atoms. The van der Waals surface area contributed by atoms with Crippen molar-refractivity contribution in [2.75, 3.05) is 17.9 Å². The van der Waals surface area contributed by atoms with Crippen LogP contribution in [-0.2, 0) is 10.0 Å². The Labute approximate surface area is 184 Å². The molecule has 0 saturated heterocycles. The summed E-state index contributed by atoms with van der Waals surface area (Å²) in [6.07, 6.45) is 3.13. The van der Waals surface area contributed by atoms with Gasteiger partial charge in [-0.2, -0.15) is 0 Å². The number of hydrogen-bond acceptors (Lipinski definition) is 5. The van der Waals surface area contributed by atoms with Crippen molar-refractivity contribution in [2.45, 2.75) is 51.0 Å². The van der Waals surface area contributed by atoms with E-state index in [4.69, 9.17) is 9.47 Å². The maximum atomic E-state index is 12.7. The molecule has 1 heterocycles. The third-order valence-corrected chi connectivity index (χ3v) is 6.40. The third kappa shape index (κ3) is 6.37. The van der Waals surface area contributed by atoms with Crippen LogP contribution >= 0.6 is 0 Å². The maximum Gasteiger partial charge on any atom is 0.262 e. The molecule has 0 fully saturated rings. The lowest BCUT2D eigenvalue weighted by Gasteiger charge is -2.19. The van der Waals surface area contributed by atoms with E-state index in [0.29, 0.717) is 41.9 Å².